The largest absolute Gasteiger partial charge is 0.437 e. The van der Waals surface area contributed by atoms with Crippen LogP contribution >= 0.6 is 11.3 Å². The van der Waals surface area contributed by atoms with Gasteiger partial charge in [0.05, 0.1) is 10.4 Å². The maximum absolute atomic E-state index is 11.5. The molecular weight excluding hydrogens is 450 g/mol. The molecule has 162 valence electrons. The fourth-order valence-electron chi connectivity index (χ4n) is 2.76. The number of aromatic nitrogens is 2. The van der Waals surface area contributed by atoms with Crippen molar-refractivity contribution >= 4 is 54.8 Å². The number of benzene rings is 2. The normalized spacial score (nSPS) is 11.2. The molecule has 2 heterocycles. The van der Waals surface area contributed by atoms with Crippen molar-refractivity contribution in [2.75, 3.05) is 10.6 Å². The smallest absolute Gasteiger partial charge is 0.247 e. The number of nitrogens with one attached hydrogen (secondary N) is 2. The third-order valence-electron chi connectivity index (χ3n) is 4.21. The highest BCUT2D eigenvalue weighted by atomic mass is 32.2. The lowest BCUT2D eigenvalue weighted by atomic mass is 10.3. The molecule has 0 aliphatic heterocycles. The number of nitrogens with zero attached hydrogens (tertiary/aromatic N) is 2. The lowest BCUT2D eigenvalue weighted by Gasteiger charge is -2.10. The predicted octanol–water partition coefficient (Wildman–Crippen LogP) is 4.00. The van der Waals surface area contributed by atoms with E-state index in [9.17, 15) is 13.2 Å². The Balaban J connectivity index is 1.62. The van der Waals surface area contributed by atoms with E-state index in [1.807, 2.05) is 11.4 Å². The maximum Gasteiger partial charge on any atom is 0.247 e. The van der Waals surface area contributed by atoms with Crippen LogP contribution in [-0.4, -0.2) is 24.3 Å². The Kier molecular flexibility index (Phi) is 5.86. The van der Waals surface area contributed by atoms with E-state index in [1.54, 1.807) is 36.4 Å². The van der Waals surface area contributed by atoms with Crippen molar-refractivity contribution in [1.29, 1.82) is 0 Å². The van der Waals surface area contributed by atoms with Crippen LogP contribution in [0, 0.1) is 0 Å². The fourth-order valence-corrected chi connectivity index (χ4v) is 4.03. The van der Waals surface area contributed by atoms with E-state index in [4.69, 9.17) is 9.88 Å². The molecule has 32 heavy (non-hydrogen) atoms. The molecule has 2 aromatic heterocycles. The van der Waals surface area contributed by atoms with Crippen LogP contribution in [0.2, 0.25) is 0 Å². The molecule has 0 radical (unpaired) electrons. The van der Waals surface area contributed by atoms with Gasteiger partial charge in [0.15, 0.2) is 0 Å². The number of anilines is 3. The second-order valence-electron chi connectivity index (χ2n) is 6.50. The highest BCUT2D eigenvalue weighted by Gasteiger charge is 2.13. The van der Waals surface area contributed by atoms with Crippen molar-refractivity contribution in [3.8, 4) is 11.6 Å². The van der Waals surface area contributed by atoms with Crippen LogP contribution in [0.4, 0.5) is 17.3 Å². The molecule has 0 bridgehead atoms. The Morgan fingerprint density at radius 3 is 2.59 bits per heavy atom. The SMILES string of the molecule is C=CC(=O)Nc1cccc(Oc2nc(Nc3ccc(S(N)(=O)=O)cc3)nc3ccsc23)c1. The van der Waals surface area contributed by atoms with Crippen molar-refractivity contribution in [3.63, 3.8) is 0 Å². The van der Waals surface area contributed by atoms with E-state index in [1.165, 1.54) is 29.5 Å². The highest BCUT2D eigenvalue weighted by molar-refractivity contribution is 7.89. The Morgan fingerprint density at radius 1 is 1.09 bits per heavy atom. The summed E-state index contributed by atoms with van der Waals surface area (Å²) in [5.74, 6) is 0.750. The Labute approximate surface area is 187 Å². The second-order valence-corrected chi connectivity index (χ2v) is 8.98. The van der Waals surface area contributed by atoms with Gasteiger partial charge < -0.3 is 15.4 Å². The van der Waals surface area contributed by atoms with E-state index in [2.05, 4.69) is 27.2 Å². The van der Waals surface area contributed by atoms with Crippen molar-refractivity contribution in [1.82, 2.24) is 9.97 Å². The monoisotopic (exact) mass is 467 g/mol. The van der Waals surface area contributed by atoms with E-state index in [-0.39, 0.29) is 16.8 Å². The molecule has 0 aliphatic rings. The molecule has 0 spiro atoms. The molecule has 0 aliphatic carbocycles. The number of primary sulfonamides is 1. The third kappa shape index (κ3) is 4.91. The van der Waals surface area contributed by atoms with Crippen LogP contribution in [0.15, 0.2) is 77.5 Å². The van der Waals surface area contributed by atoms with Crippen LogP contribution in [0.3, 0.4) is 0 Å². The molecule has 4 N–H and O–H groups in total. The predicted molar refractivity (Wildman–Crippen MR) is 124 cm³/mol. The van der Waals surface area contributed by atoms with Gasteiger partial charge in [0, 0.05) is 17.4 Å². The number of ether oxygens (including phenoxy) is 1. The molecular formula is C21H17N5O4S2. The van der Waals surface area contributed by atoms with Gasteiger partial charge in [0.25, 0.3) is 0 Å². The summed E-state index contributed by atoms with van der Waals surface area (Å²) in [5.41, 5.74) is 1.81. The zero-order valence-electron chi connectivity index (χ0n) is 16.5. The molecule has 11 heteroatoms. The minimum Gasteiger partial charge on any atom is -0.437 e. The van der Waals surface area contributed by atoms with Crippen LogP contribution in [-0.2, 0) is 14.8 Å². The van der Waals surface area contributed by atoms with Gasteiger partial charge in [-0.2, -0.15) is 4.98 Å². The fraction of sp³-hybridized carbons (Fsp3) is 0. The number of hydrogen-bond donors (Lipinski definition) is 3. The van der Waals surface area contributed by atoms with Crippen molar-refractivity contribution in [2.24, 2.45) is 5.14 Å². The zero-order chi connectivity index (χ0) is 22.7. The van der Waals surface area contributed by atoms with Gasteiger partial charge in [-0.05, 0) is 53.9 Å². The molecule has 4 aromatic rings. The lowest BCUT2D eigenvalue weighted by Crippen LogP contribution is -2.11. The molecule has 0 unspecified atom stereocenters. The second kappa shape index (κ2) is 8.75. The first kappa shape index (κ1) is 21.4. The number of carbonyl (C=O) groups is 1. The highest BCUT2D eigenvalue weighted by Crippen LogP contribution is 2.33. The third-order valence-corrected chi connectivity index (χ3v) is 6.03. The van der Waals surface area contributed by atoms with E-state index < -0.39 is 10.0 Å². The number of nitrogens with two attached hydrogens (primary N) is 1. The first-order valence-corrected chi connectivity index (χ1v) is 11.6. The molecule has 0 fully saturated rings. The van der Waals surface area contributed by atoms with Crippen LogP contribution in [0.1, 0.15) is 0 Å². The van der Waals surface area contributed by atoms with Gasteiger partial charge in [-0.1, -0.05) is 12.6 Å². The number of sulfonamides is 1. The quantitative estimate of drug-likeness (QED) is 0.349. The average molecular weight is 468 g/mol. The summed E-state index contributed by atoms with van der Waals surface area (Å²) in [4.78, 5) is 20.5. The van der Waals surface area contributed by atoms with Gasteiger partial charge in [0.1, 0.15) is 10.4 Å². The lowest BCUT2D eigenvalue weighted by molar-refractivity contribution is -0.111. The van der Waals surface area contributed by atoms with Gasteiger partial charge in [-0.3, -0.25) is 4.79 Å². The van der Waals surface area contributed by atoms with Crippen molar-refractivity contribution in [3.05, 3.63) is 72.6 Å². The standard InChI is InChI=1S/C21H17N5O4S2/c1-2-18(27)23-14-4-3-5-15(12-14)30-20-19-17(10-11-31-19)25-21(26-20)24-13-6-8-16(9-7-13)32(22,28)29/h2-12H,1H2,(H,23,27)(H2,22,28,29)(H,24,25,26). The molecule has 2 aromatic carbocycles. The average Bonchev–Trinajstić information content (AvgIpc) is 3.23. The summed E-state index contributed by atoms with van der Waals surface area (Å²) in [7, 11) is -3.78. The van der Waals surface area contributed by atoms with Gasteiger partial charge in [-0.15, -0.1) is 11.3 Å². The van der Waals surface area contributed by atoms with E-state index >= 15 is 0 Å². The summed E-state index contributed by atoms with van der Waals surface area (Å²) in [6.07, 6.45) is 1.18. The number of carbonyl (C=O) groups excluding carboxylic acids is 1. The summed E-state index contributed by atoms with van der Waals surface area (Å²) in [5, 5.41) is 12.7. The van der Waals surface area contributed by atoms with Crippen LogP contribution in [0.5, 0.6) is 11.6 Å². The Bertz CT molecular complexity index is 1420. The van der Waals surface area contributed by atoms with Gasteiger partial charge in [0.2, 0.25) is 27.8 Å². The Hall–Kier alpha value is -3.80. The summed E-state index contributed by atoms with van der Waals surface area (Å²) >= 11 is 1.43. The van der Waals surface area contributed by atoms with E-state index in [0.29, 0.717) is 28.5 Å². The summed E-state index contributed by atoms with van der Waals surface area (Å²) < 4.78 is 29.6. The molecule has 9 nitrogen and oxygen atoms in total. The van der Waals surface area contributed by atoms with Crippen molar-refractivity contribution in [2.45, 2.75) is 4.90 Å². The number of hydrogen-bond acceptors (Lipinski definition) is 8. The molecule has 0 saturated heterocycles. The molecule has 4 rings (SSSR count). The Morgan fingerprint density at radius 2 is 1.88 bits per heavy atom. The molecule has 1 amide bonds. The first-order valence-electron chi connectivity index (χ1n) is 9.18. The zero-order valence-corrected chi connectivity index (χ0v) is 18.1. The summed E-state index contributed by atoms with van der Waals surface area (Å²) in [6.45, 7) is 3.43. The van der Waals surface area contributed by atoms with Crippen LogP contribution in [0.25, 0.3) is 10.2 Å². The number of thiophene rings is 1. The number of rotatable bonds is 7. The van der Waals surface area contributed by atoms with E-state index in [0.717, 1.165) is 4.70 Å². The molecule has 0 atom stereocenters. The van der Waals surface area contributed by atoms with Gasteiger partial charge in [-0.25, -0.2) is 18.5 Å². The van der Waals surface area contributed by atoms with Gasteiger partial charge >= 0.3 is 0 Å². The first-order chi connectivity index (χ1) is 15.3. The summed E-state index contributed by atoms with van der Waals surface area (Å²) in [6, 6.07) is 14.6. The minimum atomic E-state index is -3.78. The maximum atomic E-state index is 11.5. The molecule has 0 saturated carbocycles. The topological polar surface area (TPSA) is 136 Å². The van der Waals surface area contributed by atoms with Crippen molar-refractivity contribution < 1.29 is 17.9 Å². The van der Waals surface area contributed by atoms with Crippen LogP contribution < -0.4 is 20.5 Å². The number of amides is 1. The minimum absolute atomic E-state index is 0.00436. The number of fused-ring (bicyclic) bond motifs is 1.